The lowest BCUT2D eigenvalue weighted by atomic mass is 10.0. The summed E-state index contributed by atoms with van der Waals surface area (Å²) in [5, 5.41) is 0. The van der Waals surface area contributed by atoms with E-state index >= 15 is 0 Å². The summed E-state index contributed by atoms with van der Waals surface area (Å²) >= 11 is 0. The average Bonchev–Trinajstić information content (AvgIpc) is 2.39. The highest BCUT2D eigenvalue weighted by molar-refractivity contribution is 5.95. The highest BCUT2D eigenvalue weighted by Gasteiger charge is 2.20. The Bertz CT molecular complexity index is 455. The third-order valence-electron chi connectivity index (χ3n) is 3.55. The van der Waals surface area contributed by atoms with Crippen molar-refractivity contribution in [2.45, 2.75) is 19.8 Å². The summed E-state index contributed by atoms with van der Waals surface area (Å²) in [6, 6.07) is 4.28. The maximum absolute atomic E-state index is 13.0. The largest absolute Gasteiger partial charge is 0.381 e. The van der Waals surface area contributed by atoms with Crippen LogP contribution in [0, 0.1) is 18.7 Å². The highest BCUT2D eigenvalue weighted by atomic mass is 19.1. The molecule has 1 saturated heterocycles. The predicted octanol–water partition coefficient (Wildman–Crippen LogP) is 2.63. The van der Waals surface area contributed by atoms with Gasteiger partial charge in [-0.05, 0) is 49.4 Å². The van der Waals surface area contributed by atoms with Crippen molar-refractivity contribution >= 4 is 5.91 Å². The van der Waals surface area contributed by atoms with Crippen molar-refractivity contribution in [3.63, 3.8) is 0 Å². The van der Waals surface area contributed by atoms with Crippen LogP contribution < -0.4 is 0 Å². The monoisotopic (exact) mass is 265 g/mol. The van der Waals surface area contributed by atoms with Crippen LogP contribution in [0.25, 0.3) is 0 Å². The summed E-state index contributed by atoms with van der Waals surface area (Å²) in [7, 11) is 1.79. The van der Waals surface area contributed by atoms with E-state index in [2.05, 4.69) is 0 Å². The zero-order valence-corrected chi connectivity index (χ0v) is 11.5. The van der Waals surface area contributed by atoms with Crippen LogP contribution in [0.3, 0.4) is 0 Å². The van der Waals surface area contributed by atoms with Crippen LogP contribution in [0.2, 0.25) is 0 Å². The minimum absolute atomic E-state index is 0.0527. The molecule has 19 heavy (non-hydrogen) atoms. The van der Waals surface area contributed by atoms with Crippen LogP contribution in [-0.4, -0.2) is 37.6 Å². The van der Waals surface area contributed by atoms with Gasteiger partial charge in [-0.1, -0.05) is 0 Å². The lowest BCUT2D eigenvalue weighted by Gasteiger charge is -2.27. The number of hydrogen-bond donors (Lipinski definition) is 0. The second-order valence-corrected chi connectivity index (χ2v) is 5.23. The summed E-state index contributed by atoms with van der Waals surface area (Å²) in [6.45, 7) is 3.99. The Balaban J connectivity index is 2.01. The number of carbonyl (C=O) groups excluding carboxylic acids is 1. The molecule has 4 heteroatoms. The molecule has 1 aliphatic rings. The third kappa shape index (κ3) is 3.53. The number of benzene rings is 1. The summed E-state index contributed by atoms with van der Waals surface area (Å²) in [4.78, 5) is 14.0. The molecule has 1 amide bonds. The summed E-state index contributed by atoms with van der Waals surface area (Å²) in [5.74, 6) is 0.0453. The molecule has 1 aliphatic heterocycles. The van der Waals surface area contributed by atoms with Gasteiger partial charge in [0.15, 0.2) is 0 Å². The number of rotatable bonds is 3. The Morgan fingerprint density at radius 3 is 2.95 bits per heavy atom. The zero-order chi connectivity index (χ0) is 13.8. The Hall–Kier alpha value is -1.42. The fourth-order valence-corrected chi connectivity index (χ4v) is 2.49. The molecule has 0 aliphatic carbocycles. The maximum Gasteiger partial charge on any atom is 0.253 e. The summed E-state index contributed by atoms with van der Waals surface area (Å²) in [6.07, 6.45) is 2.16. The van der Waals surface area contributed by atoms with E-state index in [4.69, 9.17) is 4.74 Å². The zero-order valence-electron chi connectivity index (χ0n) is 11.5. The van der Waals surface area contributed by atoms with Crippen LogP contribution >= 0.6 is 0 Å². The smallest absolute Gasteiger partial charge is 0.253 e. The Kier molecular flexibility index (Phi) is 4.53. The second-order valence-electron chi connectivity index (χ2n) is 5.23. The molecule has 1 aromatic rings. The van der Waals surface area contributed by atoms with Gasteiger partial charge >= 0.3 is 0 Å². The van der Waals surface area contributed by atoms with Gasteiger partial charge in [0.05, 0.1) is 6.61 Å². The maximum atomic E-state index is 13.0. The first-order chi connectivity index (χ1) is 9.08. The number of halogens is 1. The van der Waals surface area contributed by atoms with Crippen molar-refractivity contribution < 1.29 is 13.9 Å². The molecular formula is C15H20FNO2. The van der Waals surface area contributed by atoms with Crippen LogP contribution in [-0.2, 0) is 4.74 Å². The molecule has 0 spiro atoms. The van der Waals surface area contributed by atoms with E-state index in [1.54, 1.807) is 24.9 Å². The van der Waals surface area contributed by atoms with Crippen LogP contribution in [0.1, 0.15) is 28.8 Å². The van der Waals surface area contributed by atoms with Gasteiger partial charge in [-0.3, -0.25) is 4.79 Å². The third-order valence-corrected chi connectivity index (χ3v) is 3.55. The number of nitrogens with zero attached hydrogens (tertiary/aromatic N) is 1. The Morgan fingerprint density at radius 1 is 1.53 bits per heavy atom. The molecule has 1 fully saturated rings. The number of hydrogen-bond acceptors (Lipinski definition) is 2. The van der Waals surface area contributed by atoms with Crippen molar-refractivity contribution in [3.8, 4) is 0 Å². The minimum atomic E-state index is -0.308. The van der Waals surface area contributed by atoms with E-state index in [0.717, 1.165) is 26.1 Å². The SMILES string of the molecule is Cc1cc(F)ccc1C(=O)N(C)CC1CCCOC1. The molecule has 1 unspecified atom stereocenters. The molecule has 0 aromatic heterocycles. The van der Waals surface area contributed by atoms with Gasteiger partial charge in [-0.25, -0.2) is 4.39 Å². The lowest BCUT2D eigenvalue weighted by molar-refractivity contribution is 0.0388. The molecular weight excluding hydrogens is 245 g/mol. The van der Waals surface area contributed by atoms with E-state index in [1.165, 1.54) is 12.1 Å². The van der Waals surface area contributed by atoms with Crippen LogP contribution in [0.5, 0.6) is 0 Å². The first kappa shape index (κ1) is 14.0. The van der Waals surface area contributed by atoms with Crippen molar-refractivity contribution in [2.75, 3.05) is 26.8 Å². The summed E-state index contributed by atoms with van der Waals surface area (Å²) < 4.78 is 18.5. The van der Waals surface area contributed by atoms with Gasteiger partial charge in [0, 0.05) is 25.8 Å². The van der Waals surface area contributed by atoms with Crippen molar-refractivity contribution in [2.24, 2.45) is 5.92 Å². The molecule has 0 saturated carbocycles. The quantitative estimate of drug-likeness (QED) is 0.841. The van der Waals surface area contributed by atoms with Crippen LogP contribution in [0.15, 0.2) is 18.2 Å². The number of aryl methyl sites for hydroxylation is 1. The topological polar surface area (TPSA) is 29.5 Å². The van der Waals surface area contributed by atoms with Gasteiger partial charge < -0.3 is 9.64 Å². The molecule has 0 radical (unpaired) electrons. The van der Waals surface area contributed by atoms with Gasteiger partial charge in [0.1, 0.15) is 5.82 Å². The molecule has 104 valence electrons. The first-order valence-electron chi connectivity index (χ1n) is 6.67. The van der Waals surface area contributed by atoms with Gasteiger partial charge in [-0.2, -0.15) is 0 Å². The van der Waals surface area contributed by atoms with Gasteiger partial charge in [0.2, 0.25) is 0 Å². The summed E-state index contributed by atoms with van der Waals surface area (Å²) in [5.41, 5.74) is 1.25. The average molecular weight is 265 g/mol. The van der Waals surface area contributed by atoms with Crippen LogP contribution in [0.4, 0.5) is 4.39 Å². The normalized spacial score (nSPS) is 19.2. The van der Waals surface area contributed by atoms with E-state index in [1.807, 2.05) is 0 Å². The molecule has 0 bridgehead atoms. The minimum Gasteiger partial charge on any atom is -0.381 e. The van der Waals surface area contributed by atoms with Crippen molar-refractivity contribution in [1.29, 1.82) is 0 Å². The number of amides is 1. The van der Waals surface area contributed by atoms with Gasteiger partial charge in [0.25, 0.3) is 5.91 Å². The standard InChI is InChI=1S/C15H20FNO2/c1-11-8-13(16)5-6-14(11)15(18)17(2)9-12-4-3-7-19-10-12/h5-6,8,12H,3-4,7,9-10H2,1-2H3. The second kappa shape index (κ2) is 6.15. The van der Waals surface area contributed by atoms with E-state index in [-0.39, 0.29) is 11.7 Å². The number of ether oxygens (including phenoxy) is 1. The fraction of sp³-hybridized carbons (Fsp3) is 0.533. The highest BCUT2D eigenvalue weighted by Crippen LogP contribution is 2.17. The van der Waals surface area contributed by atoms with E-state index in [9.17, 15) is 9.18 Å². The Labute approximate surface area is 113 Å². The molecule has 1 atom stereocenters. The van der Waals surface area contributed by atoms with Crippen molar-refractivity contribution in [1.82, 2.24) is 4.90 Å². The molecule has 0 N–H and O–H groups in total. The molecule has 3 nitrogen and oxygen atoms in total. The molecule has 1 heterocycles. The van der Waals surface area contributed by atoms with Gasteiger partial charge in [-0.15, -0.1) is 0 Å². The predicted molar refractivity (Wildman–Crippen MR) is 71.6 cm³/mol. The number of carbonyl (C=O) groups is 1. The van der Waals surface area contributed by atoms with E-state index < -0.39 is 0 Å². The molecule has 2 rings (SSSR count). The fourth-order valence-electron chi connectivity index (χ4n) is 2.49. The first-order valence-corrected chi connectivity index (χ1v) is 6.67. The molecule has 1 aromatic carbocycles. The van der Waals surface area contributed by atoms with Crippen molar-refractivity contribution in [3.05, 3.63) is 35.1 Å². The lowest BCUT2D eigenvalue weighted by Crippen LogP contribution is -2.35. The van der Waals surface area contributed by atoms with E-state index in [0.29, 0.717) is 23.6 Å². The Morgan fingerprint density at radius 2 is 2.32 bits per heavy atom.